The van der Waals surface area contributed by atoms with Crippen molar-refractivity contribution in [2.75, 3.05) is 7.05 Å². The maximum absolute atomic E-state index is 3.91. The van der Waals surface area contributed by atoms with Crippen LogP contribution in [0.25, 0.3) is 0 Å². The Morgan fingerprint density at radius 3 is 2.30 bits per heavy atom. The number of nitrogens with zero attached hydrogens (tertiary/aromatic N) is 1. The molecule has 1 aliphatic heterocycles. The van der Waals surface area contributed by atoms with Gasteiger partial charge < -0.3 is 4.90 Å². The Bertz CT molecular complexity index is 215. The van der Waals surface area contributed by atoms with Gasteiger partial charge >= 0.3 is 0 Å². The largest absolute Gasteiger partial charge is 0.339 e. The van der Waals surface area contributed by atoms with Gasteiger partial charge in [-0.3, -0.25) is 0 Å². The molecule has 1 heterocycles. The van der Waals surface area contributed by atoms with Gasteiger partial charge in [0.1, 0.15) is 0 Å². The monoisotopic (exact) mass is 153 g/mol. The number of thioether (sulfide) groups is 1. The summed E-state index contributed by atoms with van der Waals surface area (Å²) in [6.45, 7) is 9.80. The molecule has 1 aliphatic rings. The van der Waals surface area contributed by atoms with E-state index in [-0.39, 0.29) is 0 Å². The Morgan fingerprint density at radius 2 is 2.10 bits per heavy atom. The molecule has 0 aliphatic carbocycles. The lowest BCUT2D eigenvalue weighted by Crippen LogP contribution is -2.06. The van der Waals surface area contributed by atoms with Gasteiger partial charge in [-0.2, -0.15) is 0 Å². The molecular formula is C8H11NS. The molecule has 0 N–H and O–H groups in total. The second-order valence-electron chi connectivity index (χ2n) is 2.15. The van der Waals surface area contributed by atoms with Crippen molar-refractivity contribution in [3.63, 3.8) is 0 Å². The first-order valence-corrected chi connectivity index (χ1v) is 3.94. The third-order valence-electron chi connectivity index (χ3n) is 1.55. The highest BCUT2D eigenvalue weighted by atomic mass is 32.2. The van der Waals surface area contributed by atoms with Gasteiger partial charge in [0, 0.05) is 17.6 Å². The van der Waals surface area contributed by atoms with Crippen LogP contribution in [0.4, 0.5) is 0 Å². The quantitative estimate of drug-likeness (QED) is 0.526. The lowest BCUT2D eigenvalue weighted by Gasteiger charge is -2.09. The summed E-state index contributed by atoms with van der Waals surface area (Å²) in [7, 11) is 1.98. The van der Waals surface area contributed by atoms with Crippen molar-refractivity contribution in [3.05, 3.63) is 34.9 Å². The minimum Gasteiger partial charge on any atom is -0.339 e. The molecule has 10 heavy (non-hydrogen) atoms. The third-order valence-corrected chi connectivity index (χ3v) is 2.75. The van der Waals surface area contributed by atoms with Gasteiger partial charge in [-0.25, -0.2) is 0 Å². The predicted octanol–water partition coefficient (Wildman–Crippen LogP) is 2.55. The van der Waals surface area contributed by atoms with E-state index in [1.165, 1.54) is 4.91 Å². The molecule has 0 bridgehead atoms. The van der Waals surface area contributed by atoms with E-state index in [2.05, 4.69) is 19.2 Å². The zero-order chi connectivity index (χ0) is 7.72. The molecule has 0 aromatic heterocycles. The summed E-state index contributed by atoms with van der Waals surface area (Å²) in [6, 6.07) is 0. The second kappa shape index (κ2) is 2.54. The fourth-order valence-electron chi connectivity index (χ4n) is 0.796. The van der Waals surface area contributed by atoms with E-state index in [0.717, 1.165) is 10.7 Å². The zero-order valence-corrected chi connectivity index (χ0v) is 7.16. The average molecular weight is 153 g/mol. The Hall–Kier alpha value is -0.630. The second-order valence-corrected chi connectivity index (χ2v) is 3.27. The molecule has 1 fully saturated rings. The molecule has 0 saturated carbocycles. The van der Waals surface area contributed by atoms with E-state index < -0.39 is 0 Å². The summed E-state index contributed by atoms with van der Waals surface area (Å²) in [5.41, 5.74) is 1.05. The van der Waals surface area contributed by atoms with Gasteiger partial charge in [-0.05, 0) is 6.92 Å². The first kappa shape index (κ1) is 7.48. The van der Waals surface area contributed by atoms with Crippen LogP contribution in [0.5, 0.6) is 0 Å². The van der Waals surface area contributed by atoms with Crippen molar-refractivity contribution >= 4 is 11.8 Å². The summed E-state index contributed by atoms with van der Waals surface area (Å²) in [5.74, 6) is 0. The molecule has 1 rings (SSSR count). The van der Waals surface area contributed by atoms with Gasteiger partial charge in [-0.1, -0.05) is 31.0 Å². The van der Waals surface area contributed by atoms with Crippen molar-refractivity contribution in [1.82, 2.24) is 4.90 Å². The molecule has 0 radical (unpaired) electrons. The number of hydrogen-bond donors (Lipinski definition) is 0. The molecule has 0 amide bonds. The molecule has 1 nitrogen and oxygen atoms in total. The molecule has 0 unspecified atom stereocenters. The lowest BCUT2D eigenvalue weighted by molar-refractivity contribution is 0.589. The minimum absolute atomic E-state index is 1.05. The van der Waals surface area contributed by atoms with Gasteiger partial charge in [0.2, 0.25) is 0 Å². The normalized spacial score (nSPS) is 23.0. The molecule has 2 heteroatoms. The smallest absolute Gasteiger partial charge is 0.0725 e. The Balaban J connectivity index is 2.92. The van der Waals surface area contributed by atoms with Crippen molar-refractivity contribution in [2.24, 2.45) is 0 Å². The van der Waals surface area contributed by atoms with E-state index in [4.69, 9.17) is 0 Å². The zero-order valence-electron chi connectivity index (χ0n) is 6.35. The van der Waals surface area contributed by atoms with Crippen LogP contribution in [-0.4, -0.2) is 11.9 Å². The van der Waals surface area contributed by atoms with Crippen LogP contribution in [0.15, 0.2) is 34.9 Å². The average Bonchev–Trinajstić information content (AvgIpc) is 2.17. The number of hydrogen-bond acceptors (Lipinski definition) is 2. The fourth-order valence-corrected chi connectivity index (χ4v) is 1.67. The van der Waals surface area contributed by atoms with Crippen LogP contribution in [0, 0.1) is 0 Å². The highest BCUT2D eigenvalue weighted by Crippen LogP contribution is 2.41. The van der Waals surface area contributed by atoms with Gasteiger partial charge in [0.25, 0.3) is 0 Å². The number of likely N-dealkylation sites (N-methyl/N-ethyl adjacent to an activating group) is 1. The van der Waals surface area contributed by atoms with E-state index in [1.54, 1.807) is 11.8 Å². The number of allylic oxidation sites excluding steroid dienone is 1. The summed E-state index contributed by atoms with van der Waals surface area (Å²) in [4.78, 5) is 3.22. The summed E-state index contributed by atoms with van der Waals surface area (Å²) >= 11 is 1.67. The van der Waals surface area contributed by atoms with E-state index in [1.807, 2.05) is 18.9 Å². The molecule has 1 saturated heterocycles. The van der Waals surface area contributed by atoms with Gasteiger partial charge in [0.05, 0.1) is 5.03 Å². The highest BCUT2D eigenvalue weighted by Gasteiger charge is 2.20. The topological polar surface area (TPSA) is 3.24 Å². The first-order chi connectivity index (χ1) is 4.66. The highest BCUT2D eigenvalue weighted by molar-refractivity contribution is 8.07. The molecular weight excluding hydrogens is 142 g/mol. The van der Waals surface area contributed by atoms with E-state index in [9.17, 15) is 0 Å². The summed E-state index contributed by atoms with van der Waals surface area (Å²) in [5, 5.41) is 1.05. The standard InChI is InChI=1S/C8H11NS/c1-5-8-6(2)9(4)7(3)10-8/h5H,2-3H2,1,4H3/b8-5+. The first-order valence-electron chi connectivity index (χ1n) is 3.13. The maximum Gasteiger partial charge on any atom is 0.0725 e. The molecule has 0 spiro atoms. The maximum atomic E-state index is 3.91. The van der Waals surface area contributed by atoms with Crippen molar-refractivity contribution < 1.29 is 0 Å². The van der Waals surface area contributed by atoms with E-state index in [0.29, 0.717) is 0 Å². The van der Waals surface area contributed by atoms with Crippen molar-refractivity contribution in [3.8, 4) is 0 Å². The van der Waals surface area contributed by atoms with Crippen LogP contribution in [0.3, 0.4) is 0 Å². The Kier molecular flexibility index (Phi) is 1.90. The fraction of sp³-hybridized carbons (Fsp3) is 0.250. The molecule has 54 valence electrons. The van der Waals surface area contributed by atoms with Crippen LogP contribution < -0.4 is 0 Å². The molecule has 0 aromatic carbocycles. The number of rotatable bonds is 0. The van der Waals surface area contributed by atoms with Crippen molar-refractivity contribution in [2.45, 2.75) is 6.92 Å². The van der Waals surface area contributed by atoms with Crippen LogP contribution in [-0.2, 0) is 0 Å². The summed E-state index contributed by atoms with van der Waals surface area (Å²) < 4.78 is 0. The molecule has 0 aromatic rings. The summed E-state index contributed by atoms with van der Waals surface area (Å²) in [6.07, 6.45) is 2.06. The molecule has 0 atom stereocenters. The van der Waals surface area contributed by atoms with Crippen LogP contribution >= 0.6 is 11.8 Å². The van der Waals surface area contributed by atoms with Crippen molar-refractivity contribution in [1.29, 1.82) is 0 Å². The Labute approximate surface area is 66.1 Å². The van der Waals surface area contributed by atoms with E-state index >= 15 is 0 Å². The lowest BCUT2D eigenvalue weighted by atomic mass is 10.4. The third kappa shape index (κ3) is 0.991. The minimum atomic E-state index is 1.05. The SMILES string of the molecule is C=C1S/C(=C/C)C(=C)N1C. The van der Waals surface area contributed by atoms with Crippen LogP contribution in [0.1, 0.15) is 6.92 Å². The Morgan fingerprint density at radius 1 is 1.50 bits per heavy atom. The predicted molar refractivity (Wildman–Crippen MR) is 47.4 cm³/mol. The van der Waals surface area contributed by atoms with Crippen LogP contribution in [0.2, 0.25) is 0 Å². The van der Waals surface area contributed by atoms with Gasteiger partial charge in [0.15, 0.2) is 0 Å². The van der Waals surface area contributed by atoms with Gasteiger partial charge in [-0.15, -0.1) is 0 Å².